The Morgan fingerprint density at radius 1 is 1.42 bits per heavy atom. The first-order valence-electron chi connectivity index (χ1n) is 7.61. The second kappa shape index (κ2) is 6.72. The van der Waals surface area contributed by atoms with Crippen molar-refractivity contribution in [2.75, 3.05) is 7.11 Å². The number of aliphatic imine (C=N–C) groups is 1. The van der Waals surface area contributed by atoms with Crippen LogP contribution in [0.4, 0.5) is 0 Å². The van der Waals surface area contributed by atoms with Crippen molar-refractivity contribution in [3.63, 3.8) is 0 Å². The first kappa shape index (κ1) is 17.2. The quantitative estimate of drug-likeness (QED) is 0.715. The Morgan fingerprint density at radius 3 is 2.75 bits per heavy atom. The van der Waals surface area contributed by atoms with E-state index in [-0.39, 0.29) is 11.2 Å². The molecule has 7 heteroatoms. The Hall–Kier alpha value is -1.60. The van der Waals surface area contributed by atoms with Crippen LogP contribution < -0.4 is 0 Å². The summed E-state index contributed by atoms with van der Waals surface area (Å²) in [5, 5.41) is 0.483. The van der Waals surface area contributed by atoms with E-state index in [1.807, 2.05) is 31.2 Å². The van der Waals surface area contributed by atoms with Crippen LogP contribution in [-0.4, -0.2) is 34.3 Å². The van der Waals surface area contributed by atoms with Crippen LogP contribution in [0.2, 0.25) is 0 Å². The Bertz CT molecular complexity index is 775. The highest BCUT2D eigenvalue weighted by Crippen LogP contribution is 2.45. The molecule has 3 rings (SSSR count). The number of fused-ring (bicyclic) bond motifs is 1. The smallest absolute Gasteiger partial charge is 0.338 e. The highest BCUT2D eigenvalue weighted by molar-refractivity contribution is 9.10. The summed E-state index contributed by atoms with van der Waals surface area (Å²) >= 11 is 5.00. The third-order valence-corrected chi connectivity index (χ3v) is 6.17. The molecule has 0 N–H and O–H groups in total. The first-order chi connectivity index (χ1) is 11.5. The molecule has 5 nitrogen and oxygen atoms in total. The van der Waals surface area contributed by atoms with E-state index in [0.29, 0.717) is 22.9 Å². The number of amidine groups is 1. The van der Waals surface area contributed by atoms with Crippen molar-refractivity contribution in [3.05, 3.63) is 45.6 Å². The second-order valence-corrected chi connectivity index (χ2v) is 7.56. The molecular weight excluding hydrogens is 392 g/mol. The van der Waals surface area contributed by atoms with Gasteiger partial charge in [0.15, 0.2) is 5.17 Å². The normalized spacial score (nSPS) is 23.2. The van der Waals surface area contributed by atoms with E-state index in [4.69, 9.17) is 4.74 Å². The molecular formula is C17H17BrN2O3S. The standard InChI is InChI=1S/C17H17BrN2O3S/c1-4-12-15(21)20-14(10-7-5-6-8-11(10)18)13(16(22)23-3)9(2)19-17(20)24-12/h5-8,12,14H,4H2,1-3H3. The average molecular weight is 409 g/mol. The third-order valence-electron chi connectivity index (χ3n) is 4.13. The Kier molecular flexibility index (Phi) is 4.83. The molecule has 1 amide bonds. The minimum absolute atomic E-state index is 0.0177. The van der Waals surface area contributed by atoms with Crippen LogP contribution in [0.25, 0.3) is 0 Å². The molecule has 2 atom stereocenters. The minimum Gasteiger partial charge on any atom is -0.466 e. The van der Waals surface area contributed by atoms with E-state index >= 15 is 0 Å². The van der Waals surface area contributed by atoms with Crippen LogP contribution >= 0.6 is 27.7 Å². The number of hydrogen-bond acceptors (Lipinski definition) is 5. The van der Waals surface area contributed by atoms with Crippen LogP contribution in [0.1, 0.15) is 31.9 Å². The van der Waals surface area contributed by atoms with Gasteiger partial charge in [-0.3, -0.25) is 9.69 Å². The summed E-state index contributed by atoms with van der Waals surface area (Å²) in [6, 6.07) is 7.06. The van der Waals surface area contributed by atoms with Gasteiger partial charge in [0.25, 0.3) is 0 Å². The molecule has 0 bridgehead atoms. The van der Waals surface area contributed by atoms with Gasteiger partial charge in [0.1, 0.15) is 0 Å². The van der Waals surface area contributed by atoms with Crippen LogP contribution in [0.5, 0.6) is 0 Å². The lowest BCUT2D eigenvalue weighted by Gasteiger charge is -2.33. The molecule has 0 aromatic heterocycles. The molecule has 0 radical (unpaired) electrons. The monoisotopic (exact) mass is 408 g/mol. The van der Waals surface area contributed by atoms with Gasteiger partial charge in [-0.2, -0.15) is 0 Å². The number of rotatable bonds is 3. The number of allylic oxidation sites excluding steroid dienone is 1. The number of carbonyl (C=O) groups excluding carboxylic acids is 2. The molecule has 0 aliphatic carbocycles. The van der Waals surface area contributed by atoms with Crippen LogP contribution in [0, 0.1) is 0 Å². The van der Waals surface area contributed by atoms with Crippen molar-refractivity contribution >= 4 is 44.7 Å². The van der Waals surface area contributed by atoms with Gasteiger partial charge in [-0.15, -0.1) is 0 Å². The van der Waals surface area contributed by atoms with Gasteiger partial charge in [0.2, 0.25) is 5.91 Å². The van der Waals surface area contributed by atoms with E-state index in [2.05, 4.69) is 20.9 Å². The fourth-order valence-corrected chi connectivity index (χ4v) is 4.59. The van der Waals surface area contributed by atoms with E-state index in [1.54, 1.807) is 11.8 Å². The highest BCUT2D eigenvalue weighted by Gasteiger charge is 2.47. The zero-order valence-electron chi connectivity index (χ0n) is 13.6. The van der Waals surface area contributed by atoms with Gasteiger partial charge < -0.3 is 4.74 Å². The van der Waals surface area contributed by atoms with Crippen LogP contribution in [0.15, 0.2) is 45.0 Å². The summed E-state index contributed by atoms with van der Waals surface area (Å²) in [5.41, 5.74) is 1.83. The lowest BCUT2D eigenvalue weighted by molar-refractivity contribution is -0.137. The van der Waals surface area contributed by atoms with Gasteiger partial charge >= 0.3 is 5.97 Å². The lowest BCUT2D eigenvalue weighted by atomic mass is 9.94. The zero-order chi connectivity index (χ0) is 17.4. The molecule has 1 aromatic rings. The second-order valence-electron chi connectivity index (χ2n) is 5.53. The number of methoxy groups -OCH3 is 1. The van der Waals surface area contributed by atoms with Crippen LogP contribution in [0.3, 0.4) is 0 Å². The van der Waals surface area contributed by atoms with Crippen molar-refractivity contribution in [1.29, 1.82) is 0 Å². The third kappa shape index (κ3) is 2.69. The maximum Gasteiger partial charge on any atom is 0.338 e. The van der Waals surface area contributed by atoms with E-state index in [1.165, 1.54) is 18.9 Å². The maximum atomic E-state index is 12.9. The number of carbonyl (C=O) groups is 2. The number of ether oxygens (including phenoxy) is 1. The molecule has 1 fully saturated rings. The highest BCUT2D eigenvalue weighted by atomic mass is 79.9. The molecule has 24 heavy (non-hydrogen) atoms. The van der Waals surface area contributed by atoms with Gasteiger partial charge in [-0.1, -0.05) is 52.8 Å². The van der Waals surface area contributed by atoms with Crippen molar-refractivity contribution in [2.45, 2.75) is 31.6 Å². The molecule has 0 saturated carbocycles. The number of benzene rings is 1. The van der Waals surface area contributed by atoms with Gasteiger partial charge in [-0.05, 0) is 25.0 Å². The first-order valence-corrected chi connectivity index (χ1v) is 9.28. The van der Waals surface area contributed by atoms with Crippen molar-refractivity contribution < 1.29 is 14.3 Å². The molecule has 2 aliphatic heterocycles. The number of nitrogens with zero attached hydrogens (tertiary/aromatic N) is 2. The number of esters is 1. The van der Waals surface area contributed by atoms with E-state index in [0.717, 1.165) is 10.0 Å². The summed E-state index contributed by atoms with van der Waals surface area (Å²) in [5.74, 6) is -0.482. The summed E-state index contributed by atoms with van der Waals surface area (Å²) < 4.78 is 5.80. The fraction of sp³-hybridized carbons (Fsp3) is 0.353. The summed E-state index contributed by atoms with van der Waals surface area (Å²) in [4.78, 5) is 31.4. The average Bonchev–Trinajstić information content (AvgIpc) is 2.89. The molecule has 2 aliphatic rings. The summed E-state index contributed by atoms with van der Waals surface area (Å²) in [6.45, 7) is 3.76. The lowest BCUT2D eigenvalue weighted by Crippen LogP contribution is -2.40. The fourth-order valence-electron chi connectivity index (χ4n) is 2.95. The number of hydrogen-bond donors (Lipinski definition) is 0. The SMILES string of the molecule is CCC1SC2=NC(C)=C(C(=O)OC)C(c3ccccc3Br)N2C1=O. The molecule has 2 unspecified atom stereocenters. The predicted octanol–water partition coefficient (Wildman–Crippen LogP) is 3.66. The maximum absolute atomic E-state index is 12.9. The molecule has 1 saturated heterocycles. The zero-order valence-corrected chi connectivity index (χ0v) is 16.0. The molecule has 1 aromatic carbocycles. The molecule has 0 spiro atoms. The Balaban J connectivity index is 2.20. The van der Waals surface area contributed by atoms with Crippen molar-refractivity contribution in [2.24, 2.45) is 4.99 Å². The Labute approximate surface area is 153 Å². The Morgan fingerprint density at radius 2 is 2.12 bits per heavy atom. The van der Waals surface area contributed by atoms with E-state index in [9.17, 15) is 9.59 Å². The largest absolute Gasteiger partial charge is 0.466 e. The number of thioether (sulfide) groups is 1. The molecule has 2 heterocycles. The summed E-state index contributed by atoms with van der Waals surface area (Å²) in [7, 11) is 1.34. The summed E-state index contributed by atoms with van der Waals surface area (Å²) in [6.07, 6.45) is 0.717. The van der Waals surface area contributed by atoms with E-state index < -0.39 is 12.0 Å². The predicted molar refractivity (Wildman–Crippen MR) is 97.6 cm³/mol. The topological polar surface area (TPSA) is 59.0 Å². The van der Waals surface area contributed by atoms with Gasteiger partial charge in [0, 0.05) is 4.47 Å². The van der Waals surface area contributed by atoms with Crippen molar-refractivity contribution in [1.82, 2.24) is 4.90 Å². The van der Waals surface area contributed by atoms with Crippen LogP contribution in [-0.2, 0) is 14.3 Å². The van der Waals surface area contributed by atoms with Gasteiger partial charge in [0.05, 0.1) is 29.7 Å². The number of amides is 1. The van der Waals surface area contributed by atoms with Gasteiger partial charge in [-0.25, -0.2) is 9.79 Å². The van der Waals surface area contributed by atoms with Crippen molar-refractivity contribution in [3.8, 4) is 0 Å². The minimum atomic E-state index is -0.530. The molecule has 126 valence electrons. The number of halogens is 1.